The Morgan fingerprint density at radius 3 is 2.61 bits per heavy atom. The van der Waals surface area contributed by atoms with E-state index < -0.39 is 15.1 Å². The lowest BCUT2D eigenvalue weighted by atomic mass is 10.1. The molecule has 2 amide bonds. The van der Waals surface area contributed by atoms with Crippen LogP contribution in [0.1, 0.15) is 24.5 Å². The Hall–Kier alpha value is -3.27. The van der Waals surface area contributed by atoms with Crippen LogP contribution in [0.2, 0.25) is 0 Å². The normalized spacial score (nSPS) is 13.9. The lowest BCUT2D eigenvalue weighted by Gasteiger charge is -2.21. The van der Waals surface area contributed by atoms with Gasteiger partial charge in [-0.15, -0.1) is 0 Å². The van der Waals surface area contributed by atoms with Gasteiger partial charge in [0.2, 0.25) is 5.91 Å². The summed E-state index contributed by atoms with van der Waals surface area (Å²) in [6.45, 7) is 3.33. The molecule has 10 heteroatoms. The van der Waals surface area contributed by atoms with Crippen molar-refractivity contribution in [2.75, 3.05) is 32.7 Å². The van der Waals surface area contributed by atoms with Crippen LogP contribution in [0.3, 0.4) is 0 Å². The first-order valence-electron chi connectivity index (χ1n) is 10.4. The van der Waals surface area contributed by atoms with Crippen LogP contribution in [0.15, 0.2) is 35.2 Å². The Kier molecular flexibility index (Phi) is 7.47. The summed E-state index contributed by atoms with van der Waals surface area (Å²) in [4.78, 5) is 24.0. The summed E-state index contributed by atoms with van der Waals surface area (Å²) in [5.74, 6) is 0.867. The number of methoxy groups -OCH3 is 2. The average Bonchev–Trinajstić information content (AvgIpc) is 2.78. The highest BCUT2D eigenvalue weighted by atomic mass is 32.2. The van der Waals surface area contributed by atoms with Crippen LogP contribution in [-0.2, 0) is 25.8 Å². The number of fused-ring (bicyclic) bond motifs is 1. The van der Waals surface area contributed by atoms with Gasteiger partial charge in [0, 0.05) is 19.0 Å². The van der Waals surface area contributed by atoms with Gasteiger partial charge in [-0.05, 0) is 49.6 Å². The van der Waals surface area contributed by atoms with E-state index in [9.17, 15) is 18.0 Å². The van der Waals surface area contributed by atoms with Crippen molar-refractivity contribution in [1.29, 1.82) is 0 Å². The molecule has 9 nitrogen and oxygen atoms in total. The molecule has 0 radical (unpaired) electrons. The van der Waals surface area contributed by atoms with Crippen molar-refractivity contribution >= 4 is 27.3 Å². The number of benzene rings is 2. The predicted octanol–water partition coefficient (Wildman–Crippen LogP) is 2.25. The van der Waals surface area contributed by atoms with Gasteiger partial charge in [-0.1, -0.05) is 6.07 Å². The molecule has 0 bridgehead atoms. The van der Waals surface area contributed by atoms with Gasteiger partial charge in [0.25, 0.3) is 5.91 Å². The van der Waals surface area contributed by atoms with Crippen molar-refractivity contribution in [2.45, 2.75) is 36.8 Å². The average molecular weight is 477 g/mol. The highest BCUT2D eigenvalue weighted by Gasteiger charge is 2.29. The van der Waals surface area contributed by atoms with Crippen molar-refractivity contribution in [3.05, 3.63) is 41.5 Å². The highest BCUT2D eigenvalue weighted by Crippen LogP contribution is 2.34. The van der Waals surface area contributed by atoms with E-state index in [1.54, 1.807) is 33.3 Å². The number of carbonyl (C=O) groups is 2. The number of sulfone groups is 1. The van der Waals surface area contributed by atoms with Gasteiger partial charge in [0.1, 0.15) is 5.75 Å². The van der Waals surface area contributed by atoms with Gasteiger partial charge < -0.3 is 24.8 Å². The quantitative estimate of drug-likeness (QED) is 0.570. The zero-order valence-electron chi connectivity index (χ0n) is 19.1. The largest absolute Gasteiger partial charge is 0.493 e. The number of rotatable bonds is 9. The first kappa shape index (κ1) is 24.4. The number of amides is 2. The molecule has 3 rings (SSSR count). The van der Waals surface area contributed by atoms with Crippen molar-refractivity contribution in [1.82, 2.24) is 5.32 Å². The fourth-order valence-corrected chi connectivity index (χ4v) is 5.15. The third-order valence-electron chi connectivity index (χ3n) is 5.40. The molecule has 0 aliphatic carbocycles. The third-order valence-corrected chi connectivity index (χ3v) is 7.68. The highest BCUT2D eigenvalue weighted by molar-refractivity contribution is 7.92. The van der Waals surface area contributed by atoms with E-state index in [-0.39, 0.29) is 29.7 Å². The van der Waals surface area contributed by atoms with E-state index in [4.69, 9.17) is 14.2 Å². The topological polar surface area (TPSA) is 120 Å². The molecule has 33 heavy (non-hydrogen) atoms. The van der Waals surface area contributed by atoms with Crippen molar-refractivity contribution in [3.63, 3.8) is 0 Å². The Bertz CT molecular complexity index is 1160. The van der Waals surface area contributed by atoms with Crippen LogP contribution in [0.25, 0.3) is 0 Å². The van der Waals surface area contributed by atoms with Crippen LogP contribution in [-0.4, -0.2) is 52.9 Å². The lowest BCUT2D eigenvalue weighted by Crippen LogP contribution is -2.31. The molecule has 1 atom stereocenters. The van der Waals surface area contributed by atoms with E-state index in [1.165, 1.54) is 13.0 Å². The fourth-order valence-electron chi connectivity index (χ4n) is 3.56. The lowest BCUT2D eigenvalue weighted by molar-refractivity contribution is -0.121. The molecule has 1 aliphatic heterocycles. The number of hydrogen-bond donors (Lipinski definition) is 2. The van der Waals surface area contributed by atoms with Crippen LogP contribution in [0.4, 0.5) is 5.69 Å². The predicted molar refractivity (Wildman–Crippen MR) is 123 cm³/mol. The minimum Gasteiger partial charge on any atom is -0.493 e. The fraction of sp³-hybridized carbons (Fsp3) is 0.391. The Labute approximate surface area is 193 Å². The second-order valence-corrected chi connectivity index (χ2v) is 10.1. The molecule has 1 unspecified atom stereocenters. The van der Waals surface area contributed by atoms with Crippen LogP contribution >= 0.6 is 0 Å². The second kappa shape index (κ2) is 10.1. The minimum atomic E-state index is -3.79. The molecule has 2 aromatic rings. The maximum Gasteiger partial charge on any atom is 0.262 e. The molecule has 2 aromatic carbocycles. The summed E-state index contributed by atoms with van der Waals surface area (Å²) in [6, 6.07) is 8.48. The first-order valence-corrected chi connectivity index (χ1v) is 12.0. The SMILES string of the molecule is COc1ccc(CCNC(=O)CC(C)S(=O)(=O)c2cc3c(cc2C)NC(=O)CO3)cc1OC. The van der Waals surface area contributed by atoms with Gasteiger partial charge in [0.15, 0.2) is 27.9 Å². The van der Waals surface area contributed by atoms with Gasteiger partial charge in [0.05, 0.1) is 30.1 Å². The van der Waals surface area contributed by atoms with Crippen LogP contribution < -0.4 is 24.8 Å². The van der Waals surface area contributed by atoms with Crippen LogP contribution in [0, 0.1) is 6.92 Å². The van der Waals surface area contributed by atoms with E-state index >= 15 is 0 Å². The van der Waals surface area contributed by atoms with Crippen LogP contribution in [0.5, 0.6) is 17.2 Å². The molecule has 1 aliphatic rings. The van der Waals surface area contributed by atoms with Crippen molar-refractivity contribution in [2.24, 2.45) is 0 Å². The summed E-state index contributed by atoms with van der Waals surface area (Å²) in [5, 5.41) is 4.49. The Morgan fingerprint density at radius 2 is 1.91 bits per heavy atom. The van der Waals surface area contributed by atoms with Gasteiger partial charge in [-0.2, -0.15) is 0 Å². The maximum absolute atomic E-state index is 13.1. The van der Waals surface area contributed by atoms with Gasteiger partial charge in [-0.3, -0.25) is 9.59 Å². The van der Waals surface area contributed by atoms with E-state index in [2.05, 4.69) is 10.6 Å². The van der Waals surface area contributed by atoms with Crippen molar-refractivity contribution < 1.29 is 32.2 Å². The van der Waals surface area contributed by atoms with Crippen molar-refractivity contribution in [3.8, 4) is 17.2 Å². The Balaban J connectivity index is 1.61. The van der Waals surface area contributed by atoms with E-state index in [0.29, 0.717) is 41.5 Å². The number of nitrogens with one attached hydrogen (secondary N) is 2. The summed E-state index contributed by atoms with van der Waals surface area (Å²) < 4.78 is 42.1. The summed E-state index contributed by atoms with van der Waals surface area (Å²) in [6.07, 6.45) is 0.378. The zero-order chi connectivity index (χ0) is 24.2. The third kappa shape index (κ3) is 5.57. The van der Waals surface area contributed by atoms with Gasteiger partial charge in [-0.25, -0.2) is 8.42 Å². The molecule has 0 saturated heterocycles. The van der Waals surface area contributed by atoms with E-state index in [1.807, 2.05) is 12.1 Å². The zero-order valence-corrected chi connectivity index (χ0v) is 19.9. The number of hydrogen-bond acceptors (Lipinski definition) is 7. The number of carbonyl (C=O) groups excluding carboxylic acids is 2. The maximum atomic E-state index is 13.1. The molecule has 2 N–H and O–H groups in total. The number of anilines is 1. The standard InChI is InChI=1S/C23H28N2O7S/c1-14-9-17-19(32-13-23(27)25-17)12-21(14)33(28,29)15(2)10-22(26)24-8-7-16-5-6-18(30-3)20(11-16)31-4/h5-6,9,11-12,15H,7-8,10,13H2,1-4H3,(H,24,26)(H,25,27). The minimum absolute atomic E-state index is 0.0861. The van der Waals surface area contributed by atoms with E-state index in [0.717, 1.165) is 5.56 Å². The second-order valence-electron chi connectivity index (χ2n) is 7.80. The first-order chi connectivity index (χ1) is 15.6. The molecule has 0 fully saturated rings. The molecule has 0 aromatic heterocycles. The molecule has 0 spiro atoms. The molecular formula is C23H28N2O7S. The smallest absolute Gasteiger partial charge is 0.262 e. The molecule has 178 valence electrons. The van der Waals surface area contributed by atoms with Gasteiger partial charge >= 0.3 is 0 Å². The number of aryl methyl sites for hydroxylation is 1. The molecule has 0 saturated carbocycles. The summed E-state index contributed by atoms with van der Waals surface area (Å²) in [7, 11) is -0.677. The Morgan fingerprint density at radius 1 is 1.18 bits per heavy atom. The number of ether oxygens (including phenoxy) is 3. The summed E-state index contributed by atoms with van der Waals surface area (Å²) >= 11 is 0. The summed E-state index contributed by atoms with van der Waals surface area (Å²) in [5.41, 5.74) is 1.86. The monoisotopic (exact) mass is 476 g/mol. The molecular weight excluding hydrogens is 448 g/mol. The molecule has 1 heterocycles.